The summed E-state index contributed by atoms with van der Waals surface area (Å²) in [5.41, 5.74) is 2.40. The van der Waals surface area contributed by atoms with Gasteiger partial charge in [0.1, 0.15) is 11.7 Å². The number of nitrogens with one attached hydrogen (secondary N) is 2. The van der Waals surface area contributed by atoms with Crippen molar-refractivity contribution in [3.05, 3.63) is 58.8 Å². The summed E-state index contributed by atoms with van der Waals surface area (Å²) in [6.45, 7) is 3.91. The standard InChI is InChI=1S/C23H22FN5O2/c1-13-9-16(14(2)27-17-6-4-3-5-15(17)22(30)31)20-18(10-13)28-19(11-25)21(29-20)26-12-23(24)7-8-23/h3-6,9-10,14,27H,7-8,12H2,1-2H3,(H,26,29)(H,30,31)/t14-/m1/s1. The summed E-state index contributed by atoms with van der Waals surface area (Å²) in [4.78, 5) is 20.6. The largest absolute Gasteiger partial charge is 0.478 e. The van der Waals surface area contributed by atoms with Crippen LogP contribution in [0.2, 0.25) is 0 Å². The van der Waals surface area contributed by atoms with Crippen LogP contribution in [-0.4, -0.2) is 33.3 Å². The Morgan fingerprint density at radius 2 is 2.06 bits per heavy atom. The molecule has 8 heteroatoms. The van der Waals surface area contributed by atoms with Gasteiger partial charge in [0.05, 0.1) is 29.2 Å². The van der Waals surface area contributed by atoms with Crippen molar-refractivity contribution < 1.29 is 14.3 Å². The molecule has 2 aromatic carbocycles. The highest BCUT2D eigenvalue weighted by molar-refractivity contribution is 5.94. The molecular weight excluding hydrogens is 397 g/mol. The molecule has 1 fully saturated rings. The van der Waals surface area contributed by atoms with Gasteiger partial charge in [-0.05, 0) is 50.5 Å². The van der Waals surface area contributed by atoms with Gasteiger partial charge >= 0.3 is 5.97 Å². The molecule has 1 atom stereocenters. The van der Waals surface area contributed by atoms with Crippen LogP contribution in [0.1, 0.15) is 53.0 Å². The van der Waals surface area contributed by atoms with E-state index >= 15 is 0 Å². The van der Waals surface area contributed by atoms with Crippen molar-refractivity contribution in [3.8, 4) is 6.07 Å². The third kappa shape index (κ3) is 4.26. The fourth-order valence-corrected chi connectivity index (χ4v) is 3.52. The van der Waals surface area contributed by atoms with E-state index in [1.165, 1.54) is 6.07 Å². The number of hydrogen-bond acceptors (Lipinski definition) is 6. The van der Waals surface area contributed by atoms with E-state index < -0.39 is 11.6 Å². The second kappa shape index (κ2) is 7.84. The summed E-state index contributed by atoms with van der Waals surface area (Å²) in [5, 5.41) is 25.1. The van der Waals surface area contributed by atoms with Gasteiger partial charge in [0.15, 0.2) is 11.5 Å². The molecule has 0 saturated heterocycles. The third-order valence-corrected chi connectivity index (χ3v) is 5.41. The number of hydrogen-bond donors (Lipinski definition) is 3. The highest BCUT2D eigenvalue weighted by atomic mass is 19.1. The Morgan fingerprint density at radius 1 is 1.32 bits per heavy atom. The minimum Gasteiger partial charge on any atom is -0.478 e. The lowest BCUT2D eigenvalue weighted by molar-refractivity contribution is 0.0698. The molecule has 1 aromatic heterocycles. The van der Waals surface area contributed by atoms with Crippen molar-refractivity contribution in [2.24, 2.45) is 0 Å². The molecule has 0 spiro atoms. The predicted octanol–water partition coefficient (Wildman–Crippen LogP) is 4.60. The fourth-order valence-electron chi connectivity index (χ4n) is 3.52. The van der Waals surface area contributed by atoms with Crippen molar-refractivity contribution in [1.82, 2.24) is 9.97 Å². The van der Waals surface area contributed by atoms with Gasteiger partial charge in [-0.15, -0.1) is 0 Å². The molecule has 0 aliphatic heterocycles. The molecule has 1 saturated carbocycles. The van der Waals surface area contributed by atoms with E-state index in [-0.39, 0.29) is 29.7 Å². The molecule has 0 bridgehead atoms. The Hall–Kier alpha value is -3.73. The van der Waals surface area contributed by atoms with E-state index in [4.69, 9.17) is 0 Å². The molecule has 3 aromatic rings. The van der Waals surface area contributed by atoms with Crippen LogP contribution in [-0.2, 0) is 0 Å². The molecule has 7 nitrogen and oxygen atoms in total. The lowest BCUT2D eigenvalue weighted by Gasteiger charge is -2.20. The number of anilines is 2. The van der Waals surface area contributed by atoms with Crippen LogP contribution >= 0.6 is 0 Å². The summed E-state index contributed by atoms with van der Waals surface area (Å²) >= 11 is 0. The van der Waals surface area contributed by atoms with Gasteiger partial charge in [0.25, 0.3) is 0 Å². The SMILES string of the molecule is Cc1cc([C@@H](C)Nc2ccccc2C(=O)O)c2nc(NCC3(F)CC3)c(C#N)nc2c1. The molecule has 3 N–H and O–H groups in total. The summed E-state index contributed by atoms with van der Waals surface area (Å²) < 4.78 is 14.1. The second-order valence-electron chi connectivity index (χ2n) is 7.98. The van der Waals surface area contributed by atoms with Crippen LogP contribution < -0.4 is 10.6 Å². The van der Waals surface area contributed by atoms with E-state index in [9.17, 15) is 19.6 Å². The first-order chi connectivity index (χ1) is 14.8. The number of aromatic carboxylic acids is 1. The summed E-state index contributed by atoms with van der Waals surface area (Å²) in [6.07, 6.45) is 0.995. The zero-order chi connectivity index (χ0) is 22.2. The number of aromatic nitrogens is 2. The molecule has 0 amide bonds. The monoisotopic (exact) mass is 419 g/mol. The number of carboxylic acid groups (broad SMARTS) is 1. The van der Waals surface area contributed by atoms with E-state index in [2.05, 4.69) is 20.6 Å². The maximum atomic E-state index is 14.1. The lowest BCUT2D eigenvalue weighted by atomic mass is 10.0. The van der Waals surface area contributed by atoms with E-state index in [0.29, 0.717) is 29.6 Å². The molecular formula is C23H22FN5O2. The normalized spacial score (nSPS) is 15.2. The molecule has 0 unspecified atom stereocenters. The van der Waals surface area contributed by atoms with Crippen molar-refractivity contribution in [2.75, 3.05) is 17.2 Å². The predicted molar refractivity (Wildman–Crippen MR) is 116 cm³/mol. The number of fused-ring (bicyclic) bond motifs is 1. The van der Waals surface area contributed by atoms with Crippen LogP contribution in [0.4, 0.5) is 15.9 Å². The Bertz CT molecular complexity index is 1220. The van der Waals surface area contributed by atoms with Crippen molar-refractivity contribution in [1.29, 1.82) is 5.26 Å². The lowest BCUT2D eigenvalue weighted by Crippen LogP contribution is -2.18. The number of para-hydroxylation sites is 1. The first kappa shape index (κ1) is 20.5. The van der Waals surface area contributed by atoms with E-state index in [1.54, 1.807) is 18.2 Å². The molecule has 1 aliphatic carbocycles. The smallest absolute Gasteiger partial charge is 0.337 e. The number of carbonyl (C=O) groups is 1. The zero-order valence-electron chi connectivity index (χ0n) is 17.2. The first-order valence-corrected chi connectivity index (χ1v) is 10.0. The number of nitriles is 1. The minimum absolute atomic E-state index is 0.0862. The van der Waals surface area contributed by atoms with Crippen molar-refractivity contribution >= 4 is 28.5 Å². The number of halogens is 1. The van der Waals surface area contributed by atoms with Crippen LogP contribution in [0.3, 0.4) is 0 Å². The number of alkyl halides is 1. The maximum Gasteiger partial charge on any atom is 0.337 e. The molecule has 1 aliphatic rings. The zero-order valence-corrected chi connectivity index (χ0v) is 17.2. The van der Waals surface area contributed by atoms with Gasteiger partial charge in [-0.1, -0.05) is 18.2 Å². The summed E-state index contributed by atoms with van der Waals surface area (Å²) in [5.74, 6) is -0.767. The topological polar surface area (TPSA) is 111 Å². The molecule has 158 valence electrons. The van der Waals surface area contributed by atoms with Gasteiger partial charge < -0.3 is 15.7 Å². The van der Waals surface area contributed by atoms with Crippen LogP contribution in [0.15, 0.2) is 36.4 Å². The molecule has 1 heterocycles. The second-order valence-corrected chi connectivity index (χ2v) is 7.98. The number of nitrogens with zero attached hydrogens (tertiary/aromatic N) is 3. The average Bonchev–Trinajstić information content (AvgIpc) is 3.48. The summed E-state index contributed by atoms with van der Waals surface area (Å²) in [7, 11) is 0. The molecule has 0 radical (unpaired) electrons. The first-order valence-electron chi connectivity index (χ1n) is 10.0. The average molecular weight is 419 g/mol. The Morgan fingerprint density at radius 3 is 2.74 bits per heavy atom. The van der Waals surface area contributed by atoms with Crippen LogP contribution in [0.25, 0.3) is 11.0 Å². The number of carboxylic acids is 1. The summed E-state index contributed by atoms with van der Waals surface area (Å²) in [6, 6.07) is 12.2. The highest BCUT2D eigenvalue weighted by Crippen LogP contribution is 2.39. The van der Waals surface area contributed by atoms with E-state index in [0.717, 1.165) is 11.1 Å². The Kier molecular flexibility index (Phi) is 5.19. The number of benzene rings is 2. The van der Waals surface area contributed by atoms with Crippen LogP contribution in [0.5, 0.6) is 0 Å². The van der Waals surface area contributed by atoms with Gasteiger partial charge in [-0.2, -0.15) is 5.26 Å². The van der Waals surface area contributed by atoms with Gasteiger partial charge in [0.2, 0.25) is 0 Å². The van der Waals surface area contributed by atoms with Gasteiger partial charge in [-0.25, -0.2) is 19.2 Å². The number of rotatable bonds is 7. The Labute approximate surface area is 179 Å². The van der Waals surface area contributed by atoms with Gasteiger partial charge in [0, 0.05) is 11.3 Å². The fraction of sp³-hybridized carbons (Fsp3) is 0.304. The van der Waals surface area contributed by atoms with Crippen LogP contribution in [0, 0.1) is 18.3 Å². The van der Waals surface area contributed by atoms with Gasteiger partial charge in [-0.3, -0.25) is 0 Å². The van der Waals surface area contributed by atoms with Crippen molar-refractivity contribution in [2.45, 2.75) is 38.4 Å². The number of aryl methyl sites for hydroxylation is 1. The van der Waals surface area contributed by atoms with E-state index in [1.807, 2.05) is 32.0 Å². The third-order valence-electron chi connectivity index (χ3n) is 5.41. The highest BCUT2D eigenvalue weighted by Gasteiger charge is 2.43. The van der Waals surface area contributed by atoms with Crippen molar-refractivity contribution in [3.63, 3.8) is 0 Å². The minimum atomic E-state index is -1.24. The quantitative estimate of drug-likeness (QED) is 0.513. The Balaban J connectivity index is 1.74. The maximum absolute atomic E-state index is 14.1. The molecule has 4 rings (SSSR count). The molecule has 31 heavy (non-hydrogen) atoms.